The first-order valence-electron chi connectivity index (χ1n) is 8.75. The van der Waals surface area contributed by atoms with Crippen LogP contribution in [0.25, 0.3) is 0 Å². The zero-order chi connectivity index (χ0) is 17.4. The Hall–Kier alpha value is -1.53. The molecule has 0 saturated carbocycles. The highest BCUT2D eigenvalue weighted by molar-refractivity contribution is 7.80. The molecule has 1 aliphatic heterocycles. The molecule has 5 nitrogen and oxygen atoms in total. The molecule has 6 heteroatoms. The van der Waals surface area contributed by atoms with E-state index in [1.54, 1.807) is 19.1 Å². The number of quaternary nitrogens is 1. The molecule has 1 fully saturated rings. The van der Waals surface area contributed by atoms with Crippen molar-refractivity contribution >= 4 is 17.3 Å². The van der Waals surface area contributed by atoms with E-state index in [0.29, 0.717) is 0 Å². The number of nitrogens with zero attached hydrogens (tertiary/aromatic N) is 1. The molecule has 1 aromatic carbocycles. The fourth-order valence-corrected chi connectivity index (χ4v) is 3.38. The van der Waals surface area contributed by atoms with Crippen molar-refractivity contribution in [2.75, 3.05) is 53.5 Å². The van der Waals surface area contributed by atoms with Crippen LogP contribution in [-0.4, -0.2) is 63.5 Å². The maximum absolute atomic E-state index is 5.54. The van der Waals surface area contributed by atoms with E-state index in [-0.39, 0.29) is 0 Å². The van der Waals surface area contributed by atoms with Gasteiger partial charge in [0, 0.05) is 6.54 Å². The normalized spacial score (nSPS) is 15.2. The summed E-state index contributed by atoms with van der Waals surface area (Å²) in [6, 6.07) is 6.04. The van der Waals surface area contributed by atoms with Gasteiger partial charge in [-0.05, 0) is 42.8 Å². The number of benzene rings is 1. The lowest BCUT2D eigenvalue weighted by atomic mass is 10.1. The molecule has 0 aromatic heterocycles. The second-order valence-corrected chi connectivity index (χ2v) is 6.55. The van der Waals surface area contributed by atoms with Gasteiger partial charge in [0.25, 0.3) is 0 Å². The lowest BCUT2D eigenvalue weighted by molar-refractivity contribution is -0.903. The molecule has 0 unspecified atom stereocenters. The highest BCUT2D eigenvalue weighted by Crippen LogP contribution is 2.27. The average molecular weight is 353 g/mol. The van der Waals surface area contributed by atoms with Gasteiger partial charge >= 0.3 is 0 Å². The summed E-state index contributed by atoms with van der Waals surface area (Å²) >= 11 is 5.54. The fraction of sp³-hybridized carbons (Fsp3) is 0.611. The highest BCUT2D eigenvalue weighted by Gasteiger charge is 2.20. The van der Waals surface area contributed by atoms with Gasteiger partial charge in [-0.25, -0.2) is 0 Å². The molecule has 2 N–H and O–H groups in total. The summed E-state index contributed by atoms with van der Waals surface area (Å²) in [7, 11) is 3.31. The summed E-state index contributed by atoms with van der Waals surface area (Å²) in [5.74, 6) is 1.53. The Kier molecular flexibility index (Phi) is 7.59. The summed E-state index contributed by atoms with van der Waals surface area (Å²) in [5, 5.41) is 4.27. The van der Waals surface area contributed by atoms with E-state index in [9.17, 15) is 0 Å². The standard InChI is InChI=1S/C18H29N3O2S/c1-4-9-20-10-12-21(13-11-20)18(24)19-8-7-15-5-6-16(22-2)17(14-15)23-3/h5-6,14H,4,7-13H2,1-3H3,(H,19,24)/p+1. The quantitative estimate of drug-likeness (QED) is 0.708. The smallest absolute Gasteiger partial charge is 0.169 e. The highest BCUT2D eigenvalue weighted by atomic mass is 32.1. The minimum Gasteiger partial charge on any atom is -0.493 e. The molecule has 24 heavy (non-hydrogen) atoms. The van der Waals surface area contributed by atoms with E-state index in [1.165, 1.54) is 31.6 Å². The third kappa shape index (κ3) is 5.24. The summed E-state index contributed by atoms with van der Waals surface area (Å²) in [6.45, 7) is 8.83. The van der Waals surface area contributed by atoms with Crippen LogP contribution in [0.4, 0.5) is 0 Å². The maximum Gasteiger partial charge on any atom is 0.169 e. The first-order valence-corrected chi connectivity index (χ1v) is 9.16. The molecule has 0 aliphatic carbocycles. The van der Waals surface area contributed by atoms with Gasteiger partial charge in [-0.2, -0.15) is 0 Å². The summed E-state index contributed by atoms with van der Waals surface area (Å²) in [4.78, 5) is 3.99. The van der Waals surface area contributed by atoms with Crippen LogP contribution in [0, 0.1) is 0 Å². The van der Waals surface area contributed by atoms with Crippen molar-refractivity contribution in [2.45, 2.75) is 19.8 Å². The molecule has 0 atom stereocenters. The lowest BCUT2D eigenvalue weighted by Gasteiger charge is -2.33. The van der Waals surface area contributed by atoms with Crippen LogP contribution in [0.2, 0.25) is 0 Å². The summed E-state index contributed by atoms with van der Waals surface area (Å²) in [6.07, 6.45) is 2.16. The van der Waals surface area contributed by atoms with Crippen LogP contribution in [-0.2, 0) is 6.42 Å². The van der Waals surface area contributed by atoms with Crippen LogP contribution in [0.5, 0.6) is 11.5 Å². The van der Waals surface area contributed by atoms with E-state index >= 15 is 0 Å². The van der Waals surface area contributed by atoms with Crippen molar-refractivity contribution in [1.29, 1.82) is 0 Å². The fourth-order valence-electron chi connectivity index (χ4n) is 3.09. The third-order valence-electron chi connectivity index (χ3n) is 4.50. The topological polar surface area (TPSA) is 38.2 Å². The van der Waals surface area contributed by atoms with Gasteiger partial charge in [-0.1, -0.05) is 13.0 Å². The summed E-state index contributed by atoms with van der Waals surface area (Å²) < 4.78 is 10.6. The SMILES string of the molecule is CCC[NH+]1CCN(C(=S)NCCc2ccc(OC)c(OC)c2)CC1. The van der Waals surface area contributed by atoms with Crippen LogP contribution in [0.3, 0.4) is 0 Å². The van der Waals surface area contributed by atoms with Crippen molar-refractivity contribution in [2.24, 2.45) is 0 Å². The Balaban J connectivity index is 1.75. The van der Waals surface area contributed by atoms with Gasteiger partial charge in [0.05, 0.1) is 46.9 Å². The number of hydrogen-bond donors (Lipinski definition) is 2. The number of rotatable bonds is 7. The molecule has 0 spiro atoms. The molecular weight excluding hydrogens is 322 g/mol. The van der Waals surface area contributed by atoms with Crippen LogP contribution in [0.15, 0.2) is 18.2 Å². The summed E-state index contributed by atoms with van der Waals surface area (Å²) in [5.41, 5.74) is 1.21. The van der Waals surface area contributed by atoms with Crippen molar-refractivity contribution in [3.63, 3.8) is 0 Å². The Morgan fingerprint density at radius 2 is 1.92 bits per heavy atom. The van der Waals surface area contributed by atoms with Crippen molar-refractivity contribution in [3.8, 4) is 11.5 Å². The van der Waals surface area contributed by atoms with Crippen molar-refractivity contribution in [3.05, 3.63) is 23.8 Å². The molecule has 2 rings (SSSR count). The van der Waals surface area contributed by atoms with Gasteiger partial charge < -0.3 is 24.6 Å². The third-order valence-corrected chi connectivity index (χ3v) is 4.90. The Labute approximate surface area is 150 Å². The minimum absolute atomic E-state index is 0.761. The number of hydrogen-bond acceptors (Lipinski definition) is 3. The maximum atomic E-state index is 5.54. The minimum atomic E-state index is 0.761. The van der Waals surface area contributed by atoms with E-state index in [4.69, 9.17) is 21.7 Å². The molecule has 1 heterocycles. The van der Waals surface area contributed by atoms with E-state index in [2.05, 4.69) is 23.2 Å². The molecule has 134 valence electrons. The Morgan fingerprint density at radius 3 is 2.54 bits per heavy atom. The number of thiocarbonyl (C=S) groups is 1. The van der Waals surface area contributed by atoms with Crippen molar-refractivity contribution < 1.29 is 14.4 Å². The van der Waals surface area contributed by atoms with Gasteiger partial charge in [0.1, 0.15) is 0 Å². The van der Waals surface area contributed by atoms with Gasteiger partial charge in [-0.15, -0.1) is 0 Å². The molecule has 1 aliphatic rings. The van der Waals surface area contributed by atoms with Crippen LogP contribution < -0.4 is 19.7 Å². The second kappa shape index (κ2) is 9.69. The van der Waals surface area contributed by atoms with Gasteiger partial charge in [-0.3, -0.25) is 0 Å². The van der Waals surface area contributed by atoms with Crippen molar-refractivity contribution in [1.82, 2.24) is 10.2 Å². The Bertz CT molecular complexity index is 531. The predicted octanol–water partition coefficient (Wildman–Crippen LogP) is 0.731. The van der Waals surface area contributed by atoms with Gasteiger partial charge in [0.2, 0.25) is 0 Å². The lowest BCUT2D eigenvalue weighted by Crippen LogP contribution is -3.14. The molecule has 1 saturated heterocycles. The van der Waals surface area contributed by atoms with Gasteiger partial charge in [0.15, 0.2) is 16.6 Å². The number of piperazine rings is 1. The number of methoxy groups -OCH3 is 2. The molecule has 0 bridgehead atoms. The molecular formula is C18H30N3O2S+. The van der Waals surface area contributed by atoms with E-state index in [0.717, 1.165) is 42.7 Å². The number of nitrogens with one attached hydrogen (secondary N) is 2. The van der Waals surface area contributed by atoms with E-state index in [1.807, 2.05) is 12.1 Å². The monoisotopic (exact) mass is 352 g/mol. The first-order chi connectivity index (χ1) is 11.7. The van der Waals surface area contributed by atoms with Crippen LogP contribution in [0.1, 0.15) is 18.9 Å². The molecule has 0 radical (unpaired) electrons. The first kappa shape index (κ1) is 18.8. The van der Waals surface area contributed by atoms with Crippen LogP contribution >= 0.6 is 12.2 Å². The largest absolute Gasteiger partial charge is 0.493 e. The molecule has 0 amide bonds. The van der Waals surface area contributed by atoms with E-state index < -0.39 is 0 Å². The molecule has 1 aromatic rings. The zero-order valence-corrected chi connectivity index (χ0v) is 15.9. The predicted molar refractivity (Wildman–Crippen MR) is 101 cm³/mol. The Morgan fingerprint density at radius 1 is 1.21 bits per heavy atom. The zero-order valence-electron chi connectivity index (χ0n) is 15.1. The average Bonchev–Trinajstić information content (AvgIpc) is 2.62. The second-order valence-electron chi connectivity index (χ2n) is 6.16. The number of ether oxygens (including phenoxy) is 2.